The maximum Gasteiger partial charge on any atom is 0.257 e. The van der Waals surface area contributed by atoms with E-state index in [-0.39, 0.29) is 17.6 Å². The number of carbonyl (C=O) groups is 1. The second kappa shape index (κ2) is 5.61. The van der Waals surface area contributed by atoms with Crippen LogP contribution in [0.2, 0.25) is 0 Å². The summed E-state index contributed by atoms with van der Waals surface area (Å²) in [6, 6.07) is 5.25. The first-order chi connectivity index (χ1) is 9.04. The quantitative estimate of drug-likeness (QED) is 0.855. The molecular weight excluding hydrogens is 242 g/mol. The molecule has 1 heterocycles. The Bertz CT molecular complexity index is 472. The first kappa shape index (κ1) is 13.9. The number of piperidine rings is 1. The summed E-state index contributed by atoms with van der Waals surface area (Å²) < 4.78 is 0. The lowest BCUT2D eigenvalue weighted by molar-refractivity contribution is 0.0247. The van der Waals surface area contributed by atoms with Gasteiger partial charge in [0.05, 0.1) is 11.7 Å². The number of aliphatic hydroxyl groups excluding tert-OH is 1. The van der Waals surface area contributed by atoms with E-state index < -0.39 is 6.10 Å². The molecule has 1 aromatic carbocycles. The number of likely N-dealkylation sites (tertiary alicyclic amines) is 1. The molecule has 2 rings (SSSR count). The van der Waals surface area contributed by atoms with Crippen molar-refractivity contribution < 1.29 is 15.0 Å². The third kappa shape index (κ3) is 2.73. The number of para-hydroxylation sites is 1. The van der Waals surface area contributed by atoms with Gasteiger partial charge >= 0.3 is 0 Å². The fourth-order valence-corrected chi connectivity index (χ4v) is 2.45. The number of carbonyl (C=O) groups excluding carboxylic acids is 1. The molecule has 0 saturated carbocycles. The van der Waals surface area contributed by atoms with Crippen LogP contribution in [-0.4, -0.2) is 40.2 Å². The van der Waals surface area contributed by atoms with E-state index >= 15 is 0 Å². The van der Waals surface area contributed by atoms with Crippen LogP contribution in [0.5, 0.6) is 5.75 Å². The summed E-state index contributed by atoms with van der Waals surface area (Å²) in [5.74, 6) is 0.0986. The third-order valence-corrected chi connectivity index (χ3v) is 3.94. The van der Waals surface area contributed by atoms with E-state index in [2.05, 4.69) is 0 Å². The number of aliphatic hydroxyl groups is 1. The highest BCUT2D eigenvalue weighted by Crippen LogP contribution is 2.26. The van der Waals surface area contributed by atoms with Crippen LogP contribution in [0.1, 0.15) is 36.2 Å². The minimum absolute atomic E-state index is 0.0723. The van der Waals surface area contributed by atoms with Gasteiger partial charge in [-0.15, -0.1) is 0 Å². The Labute approximate surface area is 113 Å². The molecule has 1 saturated heterocycles. The predicted octanol–water partition coefficient (Wildman–Crippen LogP) is 1.80. The number of aromatic hydroxyl groups is 1. The normalized spacial score (nSPS) is 23.4. The second-order valence-corrected chi connectivity index (χ2v) is 5.25. The van der Waals surface area contributed by atoms with E-state index in [1.807, 2.05) is 19.9 Å². The van der Waals surface area contributed by atoms with Gasteiger partial charge in [-0.25, -0.2) is 0 Å². The van der Waals surface area contributed by atoms with Crippen molar-refractivity contribution in [3.8, 4) is 5.75 Å². The highest BCUT2D eigenvalue weighted by atomic mass is 16.3. The topological polar surface area (TPSA) is 60.8 Å². The van der Waals surface area contributed by atoms with Crippen molar-refractivity contribution in [3.05, 3.63) is 29.3 Å². The second-order valence-electron chi connectivity index (χ2n) is 5.25. The van der Waals surface area contributed by atoms with Crippen molar-refractivity contribution in [3.63, 3.8) is 0 Å². The monoisotopic (exact) mass is 263 g/mol. The summed E-state index contributed by atoms with van der Waals surface area (Å²) in [6.07, 6.45) is 1.00. The van der Waals surface area contributed by atoms with Crippen molar-refractivity contribution in [2.24, 2.45) is 5.92 Å². The largest absolute Gasteiger partial charge is 0.507 e. The fraction of sp³-hybridized carbons (Fsp3) is 0.533. The molecule has 4 nitrogen and oxygen atoms in total. The summed E-state index contributed by atoms with van der Waals surface area (Å²) in [5, 5.41) is 20.0. The highest BCUT2D eigenvalue weighted by Gasteiger charge is 2.29. The van der Waals surface area contributed by atoms with Gasteiger partial charge in [0, 0.05) is 13.1 Å². The third-order valence-electron chi connectivity index (χ3n) is 3.94. The summed E-state index contributed by atoms with van der Waals surface area (Å²) in [5.41, 5.74) is 1.11. The van der Waals surface area contributed by atoms with E-state index in [4.69, 9.17) is 0 Å². The molecule has 1 aliphatic rings. The molecule has 4 heteroatoms. The molecule has 0 radical (unpaired) electrons. The number of phenols is 1. The molecule has 0 aliphatic carbocycles. The molecule has 19 heavy (non-hydrogen) atoms. The molecule has 2 unspecified atom stereocenters. The van der Waals surface area contributed by atoms with Gasteiger partial charge < -0.3 is 15.1 Å². The average molecular weight is 263 g/mol. The van der Waals surface area contributed by atoms with E-state index in [0.29, 0.717) is 25.1 Å². The van der Waals surface area contributed by atoms with Gasteiger partial charge in [-0.05, 0) is 30.4 Å². The maximum atomic E-state index is 12.4. The van der Waals surface area contributed by atoms with Crippen molar-refractivity contribution in [1.29, 1.82) is 0 Å². The van der Waals surface area contributed by atoms with Crippen molar-refractivity contribution in [1.82, 2.24) is 4.90 Å². The van der Waals surface area contributed by atoms with Crippen LogP contribution >= 0.6 is 0 Å². The van der Waals surface area contributed by atoms with Crippen LogP contribution in [0.15, 0.2) is 18.2 Å². The Morgan fingerprint density at radius 2 is 2.21 bits per heavy atom. The van der Waals surface area contributed by atoms with Crippen LogP contribution in [0.4, 0.5) is 0 Å². The minimum atomic E-state index is -0.478. The van der Waals surface area contributed by atoms with Crippen LogP contribution in [-0.2, 0) is 6.42 Å². The smallest absolute Gasteiger partial charge is 0.257 e. The molecule has 2 N–H and O–H groups in total. The van der Waals surface area contributed by atoms with Crippen LogP contribution in [0, 0.1) is 5.92 Å². The molecule has 0 spiro atoms. The van der Waals surface area contributed by atoms with Gasteiger partial charge in [-0.1, -0.05) is 26.0 Å². The molecule has 2 atom stereocenters. The number of β-amino-alcohol motifs (C(OH)–C–C–N with tert-alkyl or cyclic N) is 1. The molecule has 1 fully saturated rings. The van der Waals surface area contributed by atoms with Crippen molar-refractivity contribution in [2.75, 3.05) is 13.1 Å². The Morgan fingerprint density at radius 3 is 2.84 bits per heavy atom. The fourth-order valence-electron chi connectivity index (χ4n) is 2.45. The van der Waals surface area contributed by atoms with Crippen LogP contribution in [0.25, 0.3) is 0 Å². The zero-order valence-corrected chi connectivity index (χ0v) is 11.5. The molecule has 1 aromatic rings. The number of hydrogen-bond donors (Lipinski definition) is 2. The van der Waals surface area contributed by atoms with Gasteiger partial charge in [-0.3, -0.25) is 4.79 Å². The number of amides is 1. The number of benzene rings is 1. The number of aryl methyl sites for hydroxylation is 1. The summed E-state index contributed by atoms with van der Waals surface area (Å²) in [6.45, 7) is 4.90. The lowest BCUT2D eigenvalue weighted by Gasteiger charge is -2.34. The van der Waals surface area contributed by atoms with E-state index in [1.54, 1.807) is 17.0 Å². The summed E-state index contributed by atoms with van der Waals surface area (Å²) in [7, 11) is 0. The van der Waals surface area contributed by atoms with Gasteiger partial charge in [0.1, 0.15) is 5.75 Å². The Hall–Kier alpha value is -1.55. The molecule has 104 valence electrons. The van der Waals surface area contributed by atoms with Crippen molar-refractivity contribution in [2.45, 2.75) is 32.8 Å². The minimum Gasteiger partial charge on any atom is -0.507 e. The number of nitrogens with zero attached hydrogens (tertiary/aromatic N) is 1. The van der Waals surface area contributed by atoms with E-state index in [9.17, 15) is 15.0 Å². The Kier molecular flexibility index (Phi) is 4.10. The lowest BCUT2D eigenvalue weighted by atomic mass is 9.95. The summed E-state index contributed by atoms with van der Waals surface area (Å²) >= 11 is 0. The average Bonchev–Trinajstić information content (AvgIpc) is 2.41. The van der Waals surface area contributed by atoms with E-state index in [0.717, 1.165) is 12.0 Å². The van der Waals surface area contributed by atoms with Gasteiger partial charge in [-0.2, -0.15) is 0 Å². The zero-order valence-electron chi connectivity index (χ0n) is 11.5. The van der Waals surface area contributed by atoms with Gasteiger partial charge in [0.25, 0.3) is 5.91 Å². The number of rotatable bonds is 2. The van der Waals surface area contributed by atoms with Gasteiger partial charge in [0.2, 0.25) is 0 Å². The first-order valence-corrected chi connectivity index (χ1v) is 6.82. The van der Waals surface area contributed by atoms with Crippen LogP contribution in [0.3, 0.4) is 0 Å². The number of hydrogen-bond acceptors (Lipinski definition) is 3. The predicted molar refractivity (Wildman–Crippen MR) is 73.2 cm³/mol. The molecular formula is C15H21NO3. The SMILES string of the molecule is CCc1cccc(C(=O)N2CCC(C)C(O)C2)c1O. The maximum absolute atomic E-state index is 12.4. The lowest BCUT2D eigenvalue weighted by Crippen LogP contribution is -2.45. The Morgan fingerprint density at radius 1 is 1.47 bits per heavy atom. The molecule has 0 aromatic heterocycles. The van der Waals surface area contributed by atoms with Crippen molar-refractivity contribution >= 4 is 5.91 Å². The zero-order chi connectivity index (χ0) is 14.0. The van der Waals surface area contributed by atoms with E-state index in [1.165, 1.54) is 0 Å². The molecule has 0 bridgehead atoms. The highest BCUT2D eigenvalue weighted by molar-refractivity contribution is 5.97. The van der Waals surface area contributed by atoms with Gasteiger partial charge in [0.15, 0.2) is 0 Å². The standard InChI is InChI=1S/C15H21NO3/c1-3-11-5-4-6-12(14(11)18)15(19)16-8-7-10(2)13(17)9-16/h4-6,10,13,17-18H,3,7-9H2,1-2H3. The molecule has 1 amide bonds. The Balaban J connectivity index is 2.20. The summed E-state index contributed by atoms with van der Waals surface area (Å²) in [4.78, 5) is 14.0. The molecule has 1 aliphatic heterocycles. The number of phenolic OH excluding ortho intramolecular Hbond substituents is 1. The first-order valence-electron chi connectivity index (χ1n) is 6.82. The van der Waals surface area contributed by atoms with Crippen LogP contribution < -0.4 is 0 Å².